The highest BCUT2D eigenvalue weighted by molar-refractivity contribution is 5.93. The fourth-order valence-electron chi connectivity index (χ4n) is 3.19. The average Bonchev–Trinajstić information content (AvgIpc) is 3.31. The van der Waals surface area contributed by atoms with Crippen molar-refractivity contribution in [3.05, 3.63) is 53.9 Å². The second kappa shape index (κ2) is 7.05. The van der Waals surface area contributed by atoms with E-state index >= 15 is 0 Å². The SMILES string of the molecule is CC(F)(F)COc1ccc([C@H]2COC(=O)N2c2ccc3[nH]cnc3c2)cc1C#N. The van der Waals surface area contributed by atoms with Crippen LogP contribution in [-0.4, -0.2) is 35.2 Å². The molecule has 29 heavy (non-hydrogen) atoms. The number of aromatic nitrogens is 2. The molecule has 0 bridgehead atoms. The van der Waals surface area contributed by atoms with Crippen molar-refractivity contribution in [2.45, 2.75) is 18.9 Å². The zero-order valence-electron chi connectivity index (χ0n) is 15.4. The number of H-pyrrole nitrogens is 1. The second-order valence-corrected chi connectivity index (χ2v) is 6.79. The quantitative estimate of drug-likeness (QED) is 0.697. The molecule has 0 spiro atoms. The Balaban J connectivity index is 1.65. The van der Waals surface area contributed by atoms with Gasteiger partial charge in [-0.05, 0) is 35.9 Å². The van der Waals surface area contributed by atoms with Crippen molar-refractivity contribution in [3.8, 4) is 11.8 Å². The Labute approximate surface area is 164 Å². The lowest BCUT2D eigenvalue weighted by Gasteiger charge is -2.22. The van der Waals surface area contributed by atoms with Crippen molar-refractivity contribution in [3.63, 3.8) is 0 Å². The molecule has 1 aliphatic heterocycles. The first kappa shape index (κ1) is 18.7. The van der Waals surface area contributed by atoms with Crippen LogP contribution >= 0.6 is 0 Å². The van der Waals surface area contributed by atoms with Crippen LogP contribution in [0.3, 0.4) is 0 Å². The van der Waals surface area contributed by atoms with Gasteiger partial charge in [0.05, 0.1) is 34.7 Å². The van der Waals surface area contributed by atoms with Gasteiger partial charge in [-0.15, -0.1) is 0 Å². The third-order valence-corrected chi connectivity index (χ3v) is 4.55. The zero-order valence-corrected chi connectivity index (χ0v) is 15.4. The van der Waals surface area contributed by atoms with Crippen LogP contribution in [0, 0.1) is 11.3 Å². The van der Waals surface area contributed by atoms with Crippen LogP contribution in [0.1, 0.15) is 24.1 Å². The maximum atomic E-state index is 13.1. The topological polar surface area (TPSA) is 91.2 Å². The minimum absolute atomic E-state index is 0.0625. The Bertz CT molecular complexity index is 1120. The molecular weight excluding hydrogens is 382 g/mol. The molecule has 2 aromatic carbocycles. The van der Waals surface area contributed by atoms with Gasteiger partial charge in [0.15, 0.2) is 6.61 Å². The molecule has 1 amide bonds. The number of imidazole rings is 1. The second-order valence-electron chi connectivity index (χ2n) is 6.79. The van der Waals surface area contributed by atoms with Crippen LogP contribution in [0.15, 0.2) is 42.7 Å². The Morgan fingerprint density at radius 2 is 2.21 bits per heavy atom. The molecule has 0 saturated carbocycles. The lowest BCUT2D eigenvalue weighted by molar-refractivity contribution is -0.0230. The lowest BCUT2D eigenvalue weighted by Crippen LogP contribution is -2.27. The fourth-order valence-corrected chi connectivity index (χ4v) is 3.19. The predicted molar refractivity (Wildman–Crippen MR) is 99.9 cm³/mol. The Hall–Kier alpha value is -3.67. The highest BCUT2D eigenvalue weighted by atomic mass is 19.3. The number of nitrogens with one attached hydrogen (secondary N) is 1. The van der Waals surface area contributed by atoms with E-state index in [1.54, 1.807) is 24.5 Å². The van der Waals surface area contributed by atoms with Gasteiger partial charge in [0.1, 0.15) is 18.4 Å². The molecular formula is C20H16F2N4O3. The smallest absolute Gasteiger partial charge is 0.415 e. The standard InChI is InChI=1S/C20H16F2N4O3/c1-20(21,22)10-29-18-5-2-12(6-13(18)8-23)17-9-28-19(27)26(17)14-3-4-15-16(7-14)25-11-24-15/h2-7,11,17H,9-10H2,1H3,(H,24,25)/t17-/m1/s1. The van der Waals surface area contributed by atoms with E-state index in [0.717, 1.165) is 12.4 Å². The number of rotatable bonds is 5. The van der Waals surface area contributed by atoms with E-state index in [1.165, 1.54) is 17.0 Å². The maximum Gasteiger partial charge on any atom is 0.415 e. The number of ether oxygens (including phenoxy) is 2. The Morgan fingerprint density at radius 3 is 2.97 bits per heavy atom. The zero-order chi connectivity index (χ0) is 20.6. The van der Waals surface area contributed by atoms with Crippen molar-refractivity contribution in [2.75, 3.05) is 18.1 Å². The largest absolute Gasteiger partial charge is 0.486 e. The molecule has 0 unspecified atom stereocenters. The van der Waals surface area contributed by atoms with E-state index in [-0.39, 0.29) is 17.9 Å². The highest BCUT2D eigenvalue weighted by Gasteiger charge is 2.36. The van der Waals surface area contributed by atoms with E-state index < -0.39 is 24.7 Å². The number of amides is 1. The van der Waals surface area contributed by atoms with Crippen LogP contribution < -0.4 is 9.64 Å². The number of benzene rings is 2. The van der Waals surface area contributed by atoms with Crippen molar-refractivity contribution in [1.29, 1.82) is 5.26 Å². The van der Waals surface area contributed by atoms with E-state index in [9.17, 15) is 18.8 Å². The van der Waals surface area contributed by atoms with Gasteiger partial charge < -0.3 is 14.5 Å². The molecule has 3 aromatic rings. The summed E-state index contributed by atoms with van der Waals surface area (Å²) < 4.78 is 36.4. The van der Waals surface area contributed by atoms with E-state index in [0.29, 0.717) is 16.8 Å². The summed E-state index contributed by atoms with van der Waals surface area (Å²) in [7, 11) is 0. The van der Waals surface area contributed by atoms with Crippen LogP contribution in [0.25, 0.3) is 11.0 Å². The van der Waals surface area contributed by atoms with Gasteiger partial charge >= 0.3 is 6.09 Å². The highest BCUT2D eigenvalue weighted by Crippen LogP contribution is 2.35. The number of cyclic esters (lactones) is 1. The number of carbonyl (C=O) groups is 1. The third-order valence-electron chi connectivity index (χ3n) is 4.55. The van der Waals surface area contributed by atoms with Crippen molar-refractivity contribution in [2.24, 2.45) is 0 Å². The molecule has 4 rings (SSSR count). The monoisotopic (exact) mass is 398 g/mol. The summed E-state index contributed by atoms with van der Waals surface area (Å²) in [6, 6.07) is 11.4. The molecule has 1 atom stereocenters. The summed E-state index contributed by atoms with van der Waals surface area (Å²) in [5, 5.41) is 9.40. The third kappa shape index (κ3) is 3.69. The van der Waals surface area contributed by atoms with Gasteiger partial charge in [0.25, 0.3) is 5.92 Å². The van der Waals surface area contributed by atoms with Crippen molar-refractivity contribution >= 4 is 22.8 Å². The van der Waals surface area contributed by atoms with Gasteiger partial charge in [-0.3, -0.25) is 4.90 Å². The van der Waals surface area contributed by atoms with Gasteiger partial charge in [-0.25, -0.2) is 18.6 Å². The number of aromatic amines is 1. The molecule has 0 aliphatic carbocycles. The molecule has 7 nitrogen and oxygen atoms in total. The number of hydrogen-bond acceptors (Lipinski definition) is 5. The van der Waals surface area contributed by atoms with E-state index in [1.807, 2.05) is 12.1 Å². The van der Waals surface area contributed by atoms with Gasteiger partial charge in [0.2, 0.25) is 0 Å². The number of carbonyl (C=O) groups excluding carboxylic acids is 1. The first-order valence-corrected chi connectivity index (χ1v) is 8.79. The number of nitriles is 1. The summed E-state index contributed by atoms with van der Waals surface area (Å²) in [5.74, 6) is -2.95. The van der Waals surface area contributed by atoms with E-state index in [2.05, 4.69) is 9.97 Å². The minimum Gasteiger partial charge on any atom is -0.486 e. The molecule has 1 fully saturated rings. The molecule has 1 aromatic heterocycles. The molecule has 1 saturated heterocycles. The summed E-state index contributed by atoms with van der Waals surface area (Å²) in [4.78, 5) is 21.0. The predicted octanol–water partition coefficient (Wildman–Crippen LogP) is 4.17. The number of halogens is 2. The number of hydrogen-bond donors (Lipinski definition) is 1. The molecule has 148 valence electrons. The molecule has 9 heteroatoms. The maximum absolute atomic E-state index is 13.1. The molecule has 0 radical (unpaired) electrons. The first-order valence-electron chi connectivity index (χ1n) is 8.79. The van der Waals surface area contributed by atoms with Crippen LogP contribution in [-0.2, 0) is 4.74 Å². The minimum atomic E-state index is -3.02. The number of nitrogens with zero attached hydrogens (tertiary/aromatic N) is 3. The summed E-state index contributed by atoms with van der Waals surface area (Å²) in [6.45, 7) is 0.000344. The number of fused-ring (bicyclic) bond motifs is 1. The Kier molecular flexibility index (Phi) is 4.54. The number of anilines is 1. The van der Waals surface area contributed by atoms with Gasteiger partial charge in [0, 0.05) is 6.92 Å². The molecule has 1 aliphatic rings. The normalized spacial score (nSPS) is 16.7. The summed E-state index contributed by atoms with van der Waals surface area (Å²) in [5.41, 5.74) is 2.86. The van der Waals surface area contributed by atoms with Crippen LogP contribution in [0.4, 0.5) is 19.3 Å². The van der Waals surface area contributed by atoms with E-state index in [4.69, 9.17) is 9.47 Å². The molecule has 2 heterocycles. The Morgan fingerprint density at radius 1 is 1.38 bits per heavy atom. The van der Waals surface area contributed by atoms with Crippen molar-refractivity contribution in [1.82, 2.24) is 9.97 Å². The van der Waals surface area contributed by atoms with Gasteiger partial charge in [-0.1, -0.05) is 6.07 Å². The number of alkyl halides is 2. The first-order chi connectivity index (χ1) is 13.9. The summed E-state index contributed by atoms with van der Waals surface area (Å²) in [6.07, 6.45) is 1.04. The van der Waals surface area contributed by atoms with Crippen LogP contribution in [0.2, 0.25) is 0 Å². The van der Waals surface area contributed by atoms with Crippen LogP contribution in [0.5, 0.6) is 5.75 Å². The molecule has 1 N–H and O–H groups in total. The summed E-state index contributed by atoms with van der Waals surface area (Å²) >= 11 is 0. The fraction of sp³-hybridized carbons (Fsp3) is 0.250. The lowest BCUT2D eigenvalue weighted by atomic mass is 10.0. The van der Waals surface area contributed by atoms with Crippen molar-refractivity contribution < 1.29 is 23.0 Å². The van der Waals surface area contributed by atoms with Gasteiger partial charge in [-0.2, -0.15) is 5.26 Å². The average molecular weight is 398 g/mol.